The molecule has 0 aromatic heterocycles. The number of hydrogen-bond acceptors (Lipinski definition) is 2. The van der Waals surface area contributed by atoms with Crippen molar-refractivity contribution in [3.05, 3.63) is 35.9 Å². The number of nitrogens with one attached hydrogen (secondary N) is 1. The molecule has 1 aromatic carbocycles. The molecule has 0 amide bonds. The summed E-state index contributed by atoms with van der Waals surface area (Å²) < 4.78 is 0. The van der Waals surface area contributed by atoms with Crippen LogP contribution >= 0.6 is 12.4 Å². The van der Waals surface area contributed by atoms with Gasteiger partial charge in [0.2, 0.25) is 0 Å². The number of carbonyl (C=O) groups excluding carboxylic acids is 1. The lowest BCUT2D eigenvalue weighted by molar-refractivity contribution is -0.123. The van der Waals surface area contributed by atoms with Crippen molar-refractivity contribution in [2.45, 2.75) is 6.42 Å². The molecule has 0 unspecified atom stereocenters. The monoisotopic (exact) mass is 211 g/mol. The van der Waals surface area contributed by atoms with Gasteiger partial charge in [0.1, 0.15) is 5.78 Å². The second kappa shape index (κ2) is 5.13. The van der Waals surface area contributed by atoms with Crippen molar-refractivity contribution >= 4 is 18.2 Å². The van der Waals surface area contributed by atoms with E-state index in [2.05, 4.69) is 5.32 Å². The summed E-state index contributed by atoms with van der Waals surface area (Å²) >= 11 is 0. The molecule has 0 aliphatic carbocycles. The Labute approximate surface area is 90.1 Å². The van der Waals surface area contributed by atoms with Gasteiger partial charge in [-0.3, -0.25) is 4.79 Å². The number of benzene rings is 1. The van der Waals surface area contributed by atoms with E-state index >= 15 is 0 Å². The molecule has 2 nitrogen and oxygen atoms in total. The summed E-state index contributed by atoms with van der Waals surface area (Å²) in [6, 6.07) is 9.93. The zero-order chi connectivity index (χ0) is 9.10. The summed E-state index contributed by atoms with van der Waals surface area (Å²) in [7, 11) is 0. The lowest BCUT2D eigenvalue weighted by Gasteiger charge is -2.25. The van der Waals surface area contributed by atoms with E-state index < -0.39 is 0 Å². The van der Waals surface area contributed by atoms with Gasteiger partial charge in [0, 0.05) is 25.4 Å². The topological polar surface area (TPSA) is 29.1 Å². The number of Topliss-reactive ketones (excluding diaryl/α,β-unsaturated/α-hetero) is 1. The Hall–Kier alpha value is -0.860. The van der Waals surface area contributed by atoms with Crippen LogP contribution in [0.1, 0.15) is 5.56 Å². The molecule has 3 heteroatoms. The first kappa shape index (κ1) is 11.2. The minimum atomic E-state index is 0. The van der Waals surface area contributed by atoms with Crippen LogP contribution in [0.2, 0.25) is 0 Å². The molecule has 1 aliphatic heterocycles. The molecule has 1 aromatic rings. The van der Waals surface area contributed by atoms with E-state index in [4.69, 9.17) is 0 Å². The Bertz CT molecular complexity index is 295. The molecule has 76 valence electrons. The van der Waals surface area contributed by atoms with Crippen LogP contribution in [0.4, 0.5) is 0 Å². The molecular formula is C11H14ClNO. The second-order valence-electron chi connectivity index (χ2n) is 3.48. The van der Waals surface area contributed by atoms with Gasteiger partial charge in [-0.25, -0.2) is 0 Å². The van der Waals surface area contributed by atoms with Crippen molar-refractivity contribution in [1.29, 1.82) is 0 Å². The Morgan fingerprint density at radius 2 is 1.93 bits per heavy atom. The smallest absolute Gasteiger partial charge is 0.142 e. The number of rotatable bonds is 3. The highest BCUT2D eigenvalue weighted by Crippen LogP contribution is 2.09. The minimum Gasteiger partial charge on any atom is -0.315 e. The Morgan fingerprint density at radius 3 is 2.43 bits per heavy atom. The van der Waals surface area contributed by atoms with Crippen LogP contribution in [0.15, 0.2) is 30.3 Å². The van der Waals surface area contributed by atoms with Crippen LogP contribution in [0, 0.1) is 5.92 Å². The Balaban J connectivity index is 0.000000980. The zero-order valence-corrected chi connectivity index (χ0v) is 8.72. The van der Waals surface area contributed by atoms with Crippen LogP contribution in [-0.4, -0.2) is 18.9 Å². The predicted octanol–water partition coefficient (Wildman–Crippen LogP) is 1.44. The summed E-state index contributed by atoms with van der Waals surface area (Å²) in [6.45, 7) is 1.73. The maximum atomic E-state index is 11.6. The molecule has 1 saturated heterocycles. The molecule has 1 aliphatic rings. The van der Waals surface area contributed by atoms with E-state index in [1.165, 1.54) is 0 Å². The van der Waals surface area contributed by atoms with E-state index in [0.29, 0.717) is 12.2 Å². The van der Waals surface area contributed by atoms with Crippen molar-refractivity contribution in [3.63, 3.8) is 0 Å². The van der Waals surface area contributed by atoms with Gasteiger partial charge >= 0.3 is 0 Å². The molecule has 2 rings (SSSR count). The maximum Gasteiger partial charge on any atom is 0.142 e. The zero-order valence-electron chi connectivity index (χ0n) is 7.90. The predicted molar refractivity (Wildman–Crippen MR) is 58.8 cm³/mol. The van der Waals surface area contributed by atoms with E-state index in [1.807, 2.05) is 30.3 Å². The summed E-state index contributed by atoms with van der Waals surface area (Å²) in [6.07, 6.45) is 0.590. The van der Waals surface area contributed by atoms with Gasteiger partial charge in [0.05, 0.1) is 0 Å². The summed E-state index contributed by atoms with van der Waals surface area (Å²) in [4.78, 5) is 11.6. The van der Waals surface area contributed by atoms with Crippen molar-refractivity contribution < 1.29 is 4.79 Å². The third-order valence-corrected chi connectivity index (χ3v) is 2.46. The average Bonchev–Trinajstić information content (AvgIpc) is 2.02. The first-order valence-corrected chi connectivity index (χ1v) is 4.63. The molecule has 0 radical (unpaired) electrons. The van der Waals surface area contributed by atoms with Crippen LogP contribution in [-0.2, 0) is 11.2 Å². The number of carbonyl (C=O) groups is 1. The normalized spacial score (nSPS) is 15.4. The fourth-order valence-corrected chi connectivity index (χ4v) is 1.46. The SMILES string of the molecule is Cl.O=C(Cc1ccccc1)C1CNC1. The molecule has 1 fully saturated rings. The standard InChI is InChI=1S/C11H13NO.ClH/c13-11(10-7-12-8-10)6-9-4-2-1-3-5-9;/h1-5,10,12H,6-8H2;1H. The van der Waals surface area contributed by atoms with Crippen LogP contribution in [0.25, 0.3) is 0 Å². The molecule has 0 atom stereocenters. The van der Waals surface area contributed by atoms with Gasteiger partial charge in [-0.15, -0.1) is 12.4 Å². The molecule has 1 heterocycles. The molecule has 14 heavy (non-hydrogen) atoms. The van der Waals surface area contributed by atoms with Gasteiger partial charge in [-0.05, 0) is 5.56 Å². The molecule has 0 bridgehead atoms. The second-order valence-corrected chi connectivity index (χ2v) is 3.48. The minimum absolute atomic E-state index is 0. The van der Waals surface area contributed by atoms with Gasteiger partial charge < -0.3 is 5.32 Å². The maximum absolute atomic E-state index is 11.6. The van der Waals surface area contributed by atoms with Crippen molar-refractivity contribution in [1.82, 2.24) is 5.32 Å². The quantitative estimate of drug-likeness (QED) is 0.820. The number of halogens is 1. The van der Waals surface area contributed by atoms with Crippen molar-refractivity contribution in [2.75, 3.05) is 13.1 Å². The highest BCUT2D eigenvalue weighted by Gasteiger charge is 2.24. The van der Waals surface area contributed by atoms with Crippen LogP contribution in [0.3, 0.4) is 0 Å². The summed E-state index contributed by atoms with van der Waals surface area (Å²) in [5.74, 6) is 0.630. The fourth-order valence-electron chi connectivity index (χ4n) is 1.46. The third-order valence-electron chi connectivity index (χ3n) is 2.46. The van der Waals surface area contributed by atoms with Gasteiger partial charge in [0.15, 0.2) is 0 Å². The lowest BCUT2D eigenvalue weighted by atomic mass is 9.93. The third kappa shape index (κ3) is 2.56. The van der Waals surface area contributed by atoms with Gasteiger partial charge in [0.25, 0.3) is 0 Å². The van der Waals surface area contributed by atoms with Gasteiger partial charge in [-0.1, -0.05) is 30.3 Å². The van der Waals surface area contributed by atoms with E-state index in [0.717, 1.165) is 18.7 Å². The highest BCUT2D eigenvalue weighted by atomic mass is 35.5. The van der Waals surface area contributed by atoms with E-state index in [-0.39, 0.29) is 18.3 Å². The fraction of sp³-hybridized carbons (Fsp3) is 0.364. The van der Waals surface area contributed by atoms with Gasteiger partial charge in [-0.2, -0.15) is 0 Å². The van der Waals surface area contributed by atoms with Crippen molar-refractivity contribution in [3.8, 4) is 0 Å². The summed E-state index contributed by atoms with van der Waals surface area (Å²) in [5.41, 5.74) is 1.12. The lowest BCUT2D eigenvalue weighted by Crippen LogP contribution is -2.47. The molecule has 0 spiro atoms. The van der Waals surface area contributed by atoms with Crippen LogP contribution in [0.5, 0.6) is 0 Å². The van der Waals surface area contributed by atoms with E-state index in [9.17, 15) is 4.79 Å². The Kier molecular flexibility index (Phi) is 4.11. The first-order chi connectivity index (χ1) is 6.36. The summed E-state index contributed by atoms with van der Waals surface area (Å²) in [5, 5.41) is 3.11. The van der Waals surface area contributed by atoms with E-state index in [1.54, 1.807) is 0 Å². The first-order valence-electron chi connectivity index (χ1n) is 4.63. The molecular weight excluding hydrogens is 198 g/mol. The highest BCUT2D eigenvalue weighted by molar-refractivity contribution is 5.85. The van der Waals surface area contributed by atoms with Crippen LogP contribution < -0.4 is 5.32 Å². The largest absolute Gasteiger partial charge is 0.315 e. The number of hydrogen-bond donors (Lipinski definition) is 1. The molecule has 1 N–H and O–H groups in total. The Morgan fingerprint density at radius 1 is 1.29 bits per heavy atom. The van der Waals surface area contributed by atoms with Crippen molar-refractivity contribution in [2.24, 2.45) is 5.92 Å². The average molecular weight is 212 g/mol. The number of ketones is 1. The molecule has 0 saturated carbocycles.